The van der Waals surface area contributed by atoms with E-state index in [0.717, 1.165) is 14.5 Å². The lowest BCUT2D eigenvalue weighted by atomic mass is 10.2. The van der Waals surface area contributed by atoms with Crippen LogP contribution in [-0.4, -0.2) is 5.97 Å². The Morgan fingerprint density at radius 3 is 2.50 bits per heavy atom. The van der Waals surface area contributed by atoms with Crippen LogP contribution in [0.2, 0.25) is 0 Å². The highest BCUT2D eigenvalue weighted by Gasteiger charge is 2.08. The summed E-state index contributed by atoms with van der Waals surface area (Å²) < 4.78 is 11.7. The Kier molecular flexibility index (Phi) is 6.21. The van der Waals surface area contributed by atoms with Gasteiger partial charge in [-0.3, -0.25) is 4.79 Å². The van der Waals surface area contributed by atoms with Crippen LogP contribution in [0.5, 0.6) is 11.5 Å². The first-order valence-corrected chi connectivity index (χ1v) is 8.15. The molecule has 0 aromatic heterocycles. The minimum absolute atomic E-state index is 0.374. The van der Waals surface area contributed by atoms with E-state index >= 15 is 0 Å². The average molecular weight is 426 g/mol. The van der Waals surface area contributed by atoms with Crippen molar-refractivity contribution >= 4 is 43.9 Å². The molecule has 0 radical (unpaired) electrons. The molecule has 2 rings (SSSR count). The topological polar surface area (TPSA) is 35.5 Å². The lowest BCUT2D eigenvalue weighted by Gasteiger charge is -2.10. The summed E-state index contributed by atoms with van der Waals surface area (Å²) in [6.07, 6.45) is 1.80. The quantitative estimate of drug-likeness (QED) is 0.482. The van der Waals surface area contributed by atoms with Gasteiger partial charge in [0.2, 0.25) is 0 Å². The second kappa shape index (κ2) is 8.15. The van der Waals surface area contributed by atoms with Crippen molar-refractivity contribution in [3.05, 3.63) is 63.0 Å². The van der Waals surface area contributed by atoms with E-state index < -0.39 is 0 Å². The van der Waals surface area contributed by atoms with Gasteiger partial charge in [-0.05, 0) is 55.6 Å². The predicted molar refractivity (Wildman–Crippen MR) is 94.4 cm³/mol. The SMILES string of the molecule is CC(=O)Oc1cc(OCc2ccccc2)ccc1C=C(Br)Br. The summed E-state index contributed by atoms with van der Waals surface area (Å²) in [4.78, 5) is 11.2. The third kappa shape index (κ3) is 5.31. The van der Waals surface area contributed by atoms with Crippen molar-refractivity contribution < 1.29 is 14.3 Å². The standard InChI is InChI=1S/C17H14Br2O3/c1-12(20)22-16-10-15(8-7-14(16)9-17(18)19)21-11-13-5-3-2-4-6-13/h2-10H,11H2,1H3. The molecule has 0 amide bonds. The van der Waals surface area contributed by atoms with Gasteiger partial charge in [-0.2, -0.15) is 0 Å². The minimum atomic E-state index is -0.374. The van der Waals surface area contributed by atoms with Crippen molar-refractivity contribution in [3.8, 4) is 11.5 Å². The van der Waals surface area contributed by atoms with Crippen LogP contribution in [-0.2, 0) is 11.4 Å². The van der Waals surface area contributed by atoms with Crippen molar-refractivity contribution in [1.82, 2.24) is 0 Å². The van der Waals surface area contributed by atoms with Gasteiger partial charge in [0.1, 0.15) is 18.1 Å². The molecule has 5 heteroatoms. The molecule has 0 bridgehead atoms. The average Bonchev–Trinajstić information content (AvgIpc) is 2.47. The van der Waals surface area contributed by atoms with Gasteiger partial charge in [-0.1, -0.05) is 30.3 Å². The third-order valence-corrected chi connectivity index (χ3v) is 3.21. The van der Waals surface area contributed by atoms with Crippen molar-refractivity contribution in [3.63, 3.8) is 0 Å². The molecule has 0 spiro atoms. The molecule has 0 aliphatic carbocycles. The molecule has 22 heavy (non-hydrogen) atoms. The van der Waals surface area contributed by atoms with E-state index in [1.54, 1.807) is 12.1 Å². The Hall–Kier alpha value is -1.59. The van der Waals surface area contributed by atoms with Gasteiger partial charge >= 0.3 is 5.97 Å². The number of hydrogen-bond donors (Lipinski definition) is 0. The first-order valence-electron chi connectivity index (χ1n) is 6.56. The number of halogens is 2. The smallest absolute Gasteiger partial charge is 0.308 e. The summed E-state index contributed by atoms with van der Waals surface area (Å²) in [6, 6.07) is 15.2. The van der Waals surface area contributed by atoms with Gasteiger partial charge in [0.15, 0.2) is 0 Å². The normalized spacial score (nSPS) is 9.95. The largest absolute Gasteiger partial charge is 0.489 e. The van der Waals surface area contributed by atoms with Crippen LogP contribution < -0.4 is 9.47 Å². The molecule has 0 aliphatic heterocycles. The summed E-state index contributed by atoms with van der Waals surface area (Å²) in [5, 5.41) is 0. The summed E-state index contributed by atoms with van der Waals surface area (Å²) in [5.74, 6) is 0.720. The van der Waals surface area contributed by atoms with Crippen LogP contribution in [0.25, 0.3) is 6.08 Å². The van der Waals surface area contributed by atoms with E-state index in [4.69, 9.17) is 9.47 Å². The van der Waals surface area contributed by atoms with E-state index in [0.29, 0.717) is 18.1 Å². The number of carbonyl (C=O) groups is 1. The molecule has 2 aromatic carbocycles. The van der Waals surface area contributed by atoms with Crippen LogP contribution in [0.15, 0.2) is 51.9 Å². The molecule has 0 heterocycles. The Bertz CT molecular complexity index is 678. The molecule has 0 N–H and O–H groups in total. The highest BCUT2D eigenvalue weighted by Crippen LogP contribution is 2.30. The molecular formula is C17H14Br2O3. The molecule has 0 saturated heterocycles. The maximum absolute atomic E-state index is 11.2. The van der Waals surface area contributed by atoms with Crippen molar-refractivity contribution in [2.24, 2.45) is 0 Å². The van der Waals surface area contributed by atoms with Gasteiger partial charge in [-0.25, -0.2) is 0 Å². The number of esters is 1. The lowest BCUT2D eigenvalue weighted by Crippen LogP contribution is -2.03. The zero-order valence-corrected chi connectivity index (χ0v) is 15.1. The maximum atomic E-state index is 11.2. The summed E-state index contributed by atoms with van der Waals surface area (Å²) in [5.41, 5.74) is 1.84. The van der Waals surface area contributed by atoms with Crippen molar-refractivity contribution in [2.45, 2.75) is 13.5 Å². The minimum Gasteiger partial charge on any atom is -0.489 e. The number of rotatable bonds is 5. The van der Waals surface area contributed by atoms with Crippen LogP contribution >= 0.6 is 31.9 Å². The first kappa shape index (κ1) is 16.8. The molecule has 114 valence electrons. The molecule has 2 aromatic rings. The van der Waals surface area contributed by atoms with Crippen LogP contribution in [0.4, 0.5) is 0 Å². The third-order valence-electron chi connectivity index (χ3n) is 2.75. The van der Waals surface area contributed by atoms with Crippen molar-refractivity contribution in [2.75, 3.05) is 0 Å². The van der Waals surface area contributed by atoms with E-state index in [1.165, 1.54) is 6.92 Å². The summed E-state index contributed by atoms with van der Waals surface area (Å²) in [6.45, 7) is 1.83. The zero-order chi connectivity index (χ0) is 15.9. The van der Waals surface area contributed by atoms with Crippen LogP contribution in [0, 0.1) is 0 Å². The van der Waals surface area contributed by atoms with Crippen molar-refractivity contribution in [1.29, 1.82) is 0 Å². The summed E-state index contributed by atoms with van der Waals surface area (Å²) >= 11 is 6.59. The Morgan fingerprint density at radius 1 is 1.14 bits per heavy atom. The number of hydrogen-bond acceptors (Lipinski definition) is 3. The van der Waals surface area contributed by atoms with E-state index in [2.05, 4.69) is 31.9 Å². The molecule has 0 aliphatic rings. The summed E-state index contributed by atoms with van der Waals surface area (Å²) in [7, 11) is 0. The molecule has 0 unspecified atom stereocenters. The van der Waals surface area contributed by atoms with Gasteiger partial charge < -0.3 is 9.47 Å². The van der Waals surface area contributed by atoms with Crippen LogP contribution in [0.3, 0.4) is 0 Å². The lowest BCUT2D eigenvalue weighted by molar-refractivity contribution is -0.131. The molecule has 0 fully saturated rings. The molecule has 3 nitrogen and oxygen atoms in total. The van der Waals surface area contributed by atoms with Gasteiger partial charge in [0.05, 0.1) is 3.39 Å². The van der Waals surface area contributed by atoms with Gasteiger partial charge in [0, 0.05) is 18.6 Å². The van der Waals surface area contributed by atoms with E-state index in [9.17, 15) is 4.79 Å². The Morgan fingerprint density at radius 2 is 1.86 bits per heavy atom. The predicted octanol–water partition coefficient (Wildman–Crippen LogP) is 5.28. The van der Waals surface area contributed by atoms with E-state index in [1.807, 2.05) is 42.5 Å². The number of benzene rings is 2. The van der Waals surface area contributed by atoms with E-state index in [-0.39, 0.29) is 5.97 Å². The molecular weight excluding hydrogens is 412 g/mol. The Labute approximate surface area is 146 Å². The number of carbonyl (C=O) groups excluding carboxylic acids is 1. The fraction of sp³-hybridized carbons (Fsp3) is 0.118. The molecule has 0 atom stereocenters. The monoisotopic (exact) mass is 424 g/mol. The molecule has 0 saturated carbocycles. The highest BCUT2D eigenvalue weighted by molar-refractivity contribution is 9.28. The Balaban J connectivity index is 2.18. The van der Waals surface area contributed by atoms with Crippen LogP contribution in [0.1, 0.15) is 18.1 Å². The fourth-order valence-corrected chi connectivity index (χ4v) is 2.32. The second-order valence-electron chi connectivity index (χ2n) is 4.50. The fourth-order valence-electron chi connectivity index (χ4n) is 1.83. The van der Waals surface area contributed by atoms with Gasteiger partial charge in [-0.15, -0.1) is 0 Å². The highest BCUT2D eigenvalue weighted by atomic mass is 79.9. The first-order chi connectivity index (χ1) is 10.5. The van der Waals surface area contributed by atoms with Gasteiger partial charge in [0.25, 0.3) is 0 Å². The maximum Gasteiger partial charge on any atom is 0.308 e. The zero-order valence-electron chi connectivity index (χ0n) is 11.9. The number of ether oxygens (including phenoxy) is 2. The second-order valence-corrected chi connectivity index (χ2v) is 7.27.